The molecular weight excluding hydrogens is 359 g/mol. The number of nitrogens with one attached hydrogen (secondary N) is 1. The standard InChI is InChI=1S/C19H16Cl2N2O2/c1-10-4-6-14(11(2)8-10)22-17-16(21)18(24)23(19(17)25)15-7-5-13(20)9-12(15)3/h4-9,22H,1-3H3. The molecule has 3 rings (SSSR count). The van der Waals surface area contributed by atoms with Crippen LogP contribution in [0.25, 0.3) is 0 Å². The lowest BCUT2D eigenvalue weighted by Gasteiger charge is -2.18. The van der Waals surface area contributed by atoms with Crippen LogP contribution in [0.4, 0.5) is 11.4 Å². The van der Waals surface area contributed by atoms with Crippen molar-refractivity contribution < 1.29 is 9.59 Å². The molecule has 0 atom stereocenters. The molecule has 1 N–H and O–H groups in total. The Morgan fingerprint density at radius 1 is 0.880 bits per heavy atom. The Bertz CT molecular complexity index is 935. The van der Waals surface area contributed by atoms with Crippen LogP contribution >= 0.6 is 23.2 Å². The predicted octanol–water partition coefficient (Wildman–Crippen LogP) is 4.70. The molecule has 0 bridgehead atoms. The number of amides is 2. The van der Waals surface area contributed by atoms with Gasteiger partial charge in [0.1, 0.15) is 10.7 Å². The second kappa shape index (κ2) is 6.54. The highest BCUT2D eigenvalue weighted by molar-refractivity contribution is 6.53. The predicted molar refractivity (Wildman–Crippen MR) is 101 cm³/mol. The molecule has 0 saturated heterocycles. The van der Waals surface area contributed by atoms with Crippen LogP contribution in [0.1, 0.15) is 16.7 Å². The van der Waals surface area contributed by atoms with Gasteiger partial charge in [0.2, 0.25) is 0 Å². The Hall–Kier alpha value is -2.30. The molecular formula is C19H16Cl2N2O2. The van der Waals surface area contributed by atoms with E-state index in [0.29, 0.717) is 16.3 Å². The van der Waals surface area contributed by atoms with E-state index in [2.05, 4.69) is 5.32 Å². The van der Waals surface area contributed by atoms with Gasteiger partial charge >= 0.3 is 0 Å². The molecule has 1 aliphatic heterocycles. The summed E-state index contributed by atoms with van der Waals surface area (Å²) in [5.74, 6) is -1.04. The number of carbonyl (C=O) groups excluding carboxylic acids is 2. The highest BCUT2D eigenvalue weighted by Crippen LogP contribution is 2.33. The minimum Gasteiger partial charge on any atom is -0.349 e. The number of hydrogen-bond acceptors (Lipinski definition) is 3. The first kappa shape index (κ1) is 17.5. The smallest absolute Gasteiger partial charge is 0.283 e. The van der Waals surface area contributed by atoms with Gasteiger partial charge in [0, 0.05) is 10.7 Å². The number of anilines is 2. The number of aryl methyl sites for hydroxylation is 3. The van der Waals surface area contributed by atoms with Crippen LogP contribution in [0.3, 0.4) is 0 Å². The summed E-state index contributed by atoms with van der Waals surface area (Å²) in [7, 11) is 0. The average molecular weight is 375 g/mol. The molecule has 2 aromatic rings. The van der Waals surface area contributed by atoms with E-state index in [4.69, 9.17) is 23.2 Å². The fourth-order valence-electron chi connectivity index (χ4n) is 2.79. The quantitative estimate of drug-likeness (QED) is 0.791. The van der Waals surface area contributed by atoms with Gasteiger partial charge in [-0.3, -0.25) is 9.59 Å². The monoisotopic (exact) mass is 374 g/mol. The second-order valence-electron chi connectivity index (χ2n) is 6.01. The van der Waals surface area contributed by atoms with Crippen molar-refractivity contribution in [2.24, 2.45) is 0 Å². The minimum atomic E-state index is -0.552. The molecule has 0 fully saturated rings. The van der Waals surface area contributed by atoms with E-state index in [0.717, 1.165) is 21.7 Å². The molecule has 0 radical (unpaired) electrons. The Morgan fingerprint density at radius 2 is 1.60 bits per heavy atom. The van der Waals surface area contributed by atoms with Gasteiger partial charge in [0.25, 0.3) is 11.8 Å². The molecule has 0 aliphatic carbocycles. The van der Waals surface area contributed by atoms with Crippen molar-refractivity contribution in [3.8, 4) is 0 Å². The summed E-state index contributed by atoms with van der Waals surface area (Å²) in [6.07, 6.45) is 0. The van der Waals surface area contributed by atoms with Crippen molar-refractivity contribution in [2.45, 2.75) is 20.8 Å². The van der Waals surface area contributed by atoms with Crippen molar-refractivity contribution in [2.75, 3.05) is 10.2 Å². The first-order valence-electron chi connectivity index (χ1n) is 7.68. The van der Waals surface area contributed by atoms with Crippen molar-refractivity contribution in [3.05, 3.63) is 68.8 Å². The Balaban J connectivity index is 1.96. The first-order chi connectivity index (χ1) is 11.8. The van der Waals surface area contributed by atoms with E-state index in [1.807, 2.05) is 32.0 Å². The SMILES string of the molecule is Cc1ccc(NC2=C(Cl)C(=O)N(c3ccc(Cl)cc3C)C2=O)c(C)c1. The molecule has 2 aromatic carbocycles. The van der Waals surface area contributed by atoms with Gasteiger partial charge < -0.3 is 5.32 Å². The van der Waals surface area contributed by atoms with Crippen molar-refractivity contribution in [1.82, 2.24) is 0 Å². The lowest BCUT2D eigenvalue weighted by atomic mass is 10.1. The van der Waals surface area contributed by atoms with E-state index in [1.165, 1.54) is 0 Å². The highest BCUT2D eigenvalue weighted by Gasteiger charge is 2.39. The van der Waals surface area contributed by atoms with Gasteiger partial charge in [-0.15, -0.1) is 0 Å². The number of nitrogens with zero attached hydrogens (tertiary/aromatic N) is 1. The number of rotatable bonds is 3. The summed E-state index contributed by atoms with van der Waals surface area (Å²) < 4.78 is 0. The van der Waals surface area contributed by atoms with Crippen molar-refractivity contribution in [3.63, 3.8) is 0 Å². The molecule has 128 valence electrons. The number of imide groups is 1. The summed E-state index contributed by atoms with van der Waals surface area (Å²) >= 11 is 12.1. The lowest BCUT2D eigenvalue weighted by Crippen LogP contribution is -2.32. The molecule has 1 aliphatic rings. The molecule has 6 heteroatoms. The van der Waals surface area contributed by atoms with Gasteiger partial charge in [-0.25, -0.2) is 4.90 Å². The van der Waals surface area contributed by atoms with E-state index >= 15 is 0 Å². The van der Waals surface area contributed by atoms with Gasteiger partial charge in [-0.1, -0.05) is 40.9 Å². The minimum absolute atomic E-state index is 0.0768. The first-order valence-corrected chi connectivity index (χ1v) is 8.44. The third-order valence-corrected chi connectivity index (χ3v) is 4.65. The van der Waals surface area contributed by atoms with Crippen LogP contribution in [0.5, 0.6) is 0 Å². The zero-order chi connectivity index (χ0) is 18.3. The van der Waals surface area contributed by atoms with E-state index in [-0.39, 0.29) is 10.7 Å². The molecule has 0 saturated carbocycles. The fourth-order valence-corrected chi connectivity index (χ4v) is 3.23. The van der Waals surface area contributed by atoms with Crippen molar-refractivity contribution >= 4 is 46.4 Å². The normalized spacial score (nSPS) is 14.5. The topological polar surface area (TPSA) is 49.4 Å². The number of carbonyl (C=O) groups is 2. The van der Waals surface area contributed by atoms with Crippen LogP contribution in [0.15, 0.2) is 47.1 Å². The van der Waals surface area contributed by atoms with Crippen LogP contribution < -0.4 is 10.2 Å². The summed E-state index contributed by atoms with van der Waals surface area (Å²) in [5, 5.41) is 3.42. The maximum absolute atomic E-state index is 12.8. The van der Waals surface area contributed by atoms with Crippen LogP contribution in [-0.4, -0.2) is 11.8 Å². The van der Waals surface area contributed by atoms with Gasteiger partial charge in [0.15, 0.2) is 0 Å². The number of hydrogen-bond donors (Lipinski definition) is 1. The Morgan fingerprint density at radius 3 is 2.24 bits per heavy atom. The van der Waals surface area contributed by atoms with Crippen molar-refractivity contribution in [1.29, 1.82) is 0 Å². The van der Waals surface area contributed by atoms with Gasteiger partial charge in [0.05, 0.1) is 5.69 Å². The third-order valence-electron chi connectivity index (χ3n) is 4.07. The summed E-state index contributed by atoms with van der Waals surface area (Å²) in [5.41, 5.74) is 4.05. The number of halogens is 2. The van der Waals surface area contributed by atoms with Crippen LogP contribution in [-0.2, 0) is 9.59 Å². The third kappa shape index (κ3) is 3.15. The summed E-state index contributed by atoms with van der Waals surface area (Å²) in [6.45, 7) is 5.69. The van der Waals surface area contributed by atoms with E-state index in [9.17, 15) is 9.59 Å². The largest absolute Gasteiger partial charge is 0.349 e. The molecule has 0 spiro atoms. The maximum Gasteiger partial charge on any atom is 0.283 e. The molecule has 4 nitrogen and oxygen atoms in total. The van der Waals surface area contributed by atoms with Crippen LogP contribution in [0, 0.1) is 20.8 Å². The zero-order valence-corrected chi connectivity index (χ0v) is 15.5. The Labute approximate surface area is 156 Å². The molecule has 1 heterocycles. The van der Waals surface area contributed by atoms with Crippen LogP contribution in [0.2, 0.25) is 5.02 Å². The molecule has 0 aromatic heterocycles. The van der Waals surface area contributed by atoms with Gasteiger partial charge in [-0.2, -0.15) is 0 Å². The molecule has 2 amide bonds. The van der Waals surface area contributed by atoms with Gasteiger partial charge in [-0.05, 0) is 56.2 Å². The maximum atomic E-state index is 12.8. The highest BCUT2D eigenvalue weighted by atomic mass is 35.5. The fraction of sp³-hybridized carbons (Fsp3) is 0.158. The molecule has 0 unspecified atom stereocenters. The van der Waals surface area contributed by atoms with E-state index < -0.39 is 11.8 Å². The molecule has 25 heavy (non-hydrogen) atoms. The average Bonchev–Trinajstić information content (AvgIpc) is 2.74. The second-order valence-corrected chi connectivity index (χ2v) is 6.82. The van der Waals surface area contributed by atoms with E-state index in [1.54, 1.807) is 25.1 Å². The summed E-state index contributed by atoms with van der Waals surface area (Å²) in [6, 6.07) is 10.7. The lowest BCUT2D eigenvalue weighted by molar-refractivity contribution is -0.120. The Kier molecular flexibility index (Phi) is 4.58. The summed E-state index contributed by atoms with van der Waals surface area (Å²) in [4.78, 5) is 26.4. The zero-order valence-electron chi connectivity index (χ0n) is 14.0. The number of benzene rings is 2.